The first kappa shape index (κ1) is 13.7. The van der Waals surface area contributed by atoms with Gasteiger partial charge in [-0.15, -0.1) is 0 Å². The number of hydrogen-bond acceptors (Lipinski definition) is 3. The van der Waals surface area contributed by atoms with E-state index in [2.05, 4.69) is 4.98 Å². The van der Waals surface area contributed by atoms with Gasteiger partial charge in [-0.1, -0.05) is 24.9 Å². The van der Waals surface area contributed by atoms with Gasteiger partial charge in [0.05, 0.1) is 5.56 Å². The zero-order valence-corrected chi connectivity index (χ0v) is 12.2. The van der Waals surface area contributed by atoms with Gasteiger partial charge in [0.15, 0.2) is 0 Å². The van der Waals surface area contributed by atoms with E-state index >= 15 is 0 Å². The first-order chi connectivity index (χ1) is 8.53. The van der Waals surface area contributed by atoms with E-state index in [1.807, 2.05) is 13.2 Å². The fourth-order valence-electron chi connectivity index (χ4n) is 2.05. The first-order valence-corrected chi connectivity index (χ1v) is 7.70. The van der Waals surface area contributed by atoms with Crippen molar-refractivity contribution < 1.29 is 0 Å². The molecule has 1 saturated carbocycles. The molecule has 1 aliphatic rings. The molecule has 0 radical (unpaired) electrons. The molecule has 18 heavy (non-hydrogen) atoms. The van der Waals surface area contributed by atoms with Crippen molar-refractivity contribution in [1.29, 1.82) is 0 Å². The summed E-state index contributed by atoms with van der Waals surface area (Å²) in [6.45, 7) is 2.46. The number of halogens is 1. The van der Waals surface area contributed by atoms with Gasteiger partial charge in [-0.25, -0.2) is 4.79 Å². The van der Waals surface area contributed by atoms with Crippen molar-refractivity contribution in [2.75, 3.05) is 6.26 Å². The maximum atomic E-state index is 12.3. The second-order valence-corrected chi connectivity index (χ2v) is 6.40. The first-order valence-electron chi connectivity index (χ1n) is 6.09. The summed E-state index contributed by atoms with van der Waals surface area (Å²) in [7, 11) is 0. The second kappa shape index (κ2) is 5.13. The summed E-state index contributed by atoms with van der Waals surface area (Å²) in [4.78, 5) is 26.7. The van der Waals surface area contributed by atoms with Crippen molar-refractivity contribution in [3.63, 3.8) is 0 Å². The molecule has 1 aromatic heterocycles. The lowest BCUT2D eigenvalue weighted by Gasteiger charge is -2.14. The van der Waals surface area contributed by atoms with Crippen LogP contribution in [-0.2, 0) is 13.0 Å². The number of aromatic amines is 1. The van der Waals surface area contributed by atoms with Gasteiger partial charge >= 0.3 is 5.69 Å². The predicted octanol–water partition coefficient (Wildman–Crippen LogP) is 2.04. The maximum Gasteiger partial charge on any atom is 0.329 e. The SMILES string of the molecule is CCCc1c(Cl)[nH]c(=O)n(CC2(SC)CC2)c1=O. The average Bonchev–Trinajstić information content (AvgIpc) is 3.11. The van der Waals surface area contributed by atoms with E-state index in [1.165, 1.54) is 4.57 Å². The van der Waals surface area contributed by atoms with Gasteiger partial charge in [-0.05, 0) is 25.5 Å². The van der Waals surface area contributed by atoms with Crippen LogP contribution in [0.25, 0.3) is 0 Å². The Hall–Kier alpha value is -0.680. The van der Waals surface area contributed by atoms with Crippen LogP contribution in [0.2, 0.25) is 5.15 Å². The molecular weight excluding hydrogens is 272 g/mol. The van der Waals surface area contributed by atoms with Gasteiger partial charge in [-0.3, -0.25) is 14.3 Å². The molecule has 2 rings (SSSR count). The van der Waals surface area contributed by atoms with Crippen LogP contribution in [0.3, 0.4) is 0 Å². The van der Waals surface area contributed by atoms with E-state index in [0.29, 0.717) is 18.5 Å². The number of aromatic nitrogens is 2. The number of nitrogens with zero attached hydrogens (tertiary/aromatic N) is 1. The van der Waals surface area contributed by atoms with E-state index < -0.39 is 5.69 Å². The monoisotopic (exact) mass is 288 g/mol. The van der Waals surface area contributed by atoms with Crippen LogP contribution >= 0.6 is 23.4 Å². The van der Waals surface area contributed by atoms with Gasteiger partial charge in [0.25, 0.3) is 5.56 Å². The standard InChI is InChI=1S/C12H17ClN2O2S/c1-3-4-8-9(13)14-11(17)15(10(8)16)7-12(18-2)5-6-12/h3-7H2,1-2H3,(H,14,17). The lowest BCUT2D eigenvalue weighted by Crippen LogP contribution is -2.40. The van der Waals surface area contributed by atoms with Crippen molar-refractivity contribution in [3.05, 3.63) is 31.6 Å². The third-order valence-corrected chi connectivity index (χ3v) is 5.14. The summed E-state index contributed by atoms with van der Waals surface area (Å²) in [5, 5.41) is 0.192. The van der Waals surface area contributed by atoms with Crippen LogP contribution in [0.15, 0.2) is 9.59 Å². The van der Waals surface area contributed by atoms with Gasteiger partial charge in [0.2, 0.25) is 0 Å². The zero-order chi connectivity index (χ0) is 13.3. The lowest BCUT2D eigenvalue weighted by molar-refractivity contribution is 0.593. The molecule has 1 heterocycles. The topological polar surface area (TPSA) is 54.9 Å². The summed E-state index contributed by atoms with van der Waals surface area (Å²) >= 11 is 7.66. The summed E-state index contributed by atoms with van der Waals surface area (Å²) in [5.41, 5.74) is -0.105. The van der Waals surface area contributed by atoms with Gasteiger partial charge in [0, 0.05) is 11.3 Å². The molecule has 1 N–H and O–H groups in total. The molecule has 100 valence electrons. The molecule has 0 aliphatic heterocycles. The van der Waals surface area contributed by atoms with Crippen LogP contribution in [0, 0.1) is 0 Å². The molecule has 0 aromatic carbocycles. The molecule has 1 fully saturated rings. The summed E-state index contributed by atoms with van der Waals surface area (Å²) in [6.07, 6.45) is 5.57. The summed E-state index contributed by atoms with van der Waals surface area (Å²) in [5.74, 6) is 0. The Balaban J connectivity index is 2.44. The quantitative estimate of drug-likeness (QED) is 0.844. The maximum absolute atomic E-state index is 12.3. The van der Waals surface area contributed by atoms with Gasteiger partial charge in [-0.2, -0.15) is 11.8 Å². The molecule has 0 spiro atoms. The fourth-order valence-corrected chi connectivity index (χ4v) is 3.08. The number of nitrogens with one attached hydrogen (secondary N) is 1. The molecular formula is C12H17ClN2O2S. The van der Waals surface area contributed by atoms with E-state index in [0.717, 1.165) is 19.3 Å². The number of thioether (sulfide) groups is 1. The molecule has 0 saturated heterocycles. The Bertz CT molecular complexity index is 560. The third kappa shape index (κ3) is 2.52. The highest BCUT2D eigenvalue weighted by molar-refractivity contribution is 8.00. The van der Waals surface area contributed by atoms with Crippen LogP contribution in [-0.4, -0.2) is 20.6 Å². The number of H-pyrrole nitrogens is 1. The zero-order valence-electron chi connectivity index (χ0n) is 10.6. The molecule has 4 nitrogen and oxygen atoms in total. The van der Waals surface area contributed by atoms with E-state index in [1.54, 1.807) is 11.8 Å². The molecule has 0 unspecified atom stereocenters. The highest BCUT2D eigenvalue weighted by Gasteiger charge is 2.43. The van der Waals surface area contributed by atoms with Crippen molar-refractivity contribution in [1.82, 2.24) is 9.55 Å². The predicted molar refractivity (Wildman–Crippen MR) is 75.8 cm³/mol. The van der Waals surface area contributed by atoms with Crippen molar-refractivity contribution in [2.24, 2.45) is 0 Å². The smallest absolute Gasteiger partial charge is 0.297 e. The molecule has 0 amide bonds. The highest BCUT2D eigenvalue weighted by atomic mass is 35.5. The highest BCUT2D eigenvalue weighted by Crippen LogP contribution is 2.47. The van der Waals surface area contributed by atoms with Crippen LogP contribution in [0.1, 0.15) is 31.7 Å². The minimum atomic E-state index is -0.398. The van der Waals surface area contributed by atoms with Crippen molar-refractivity contribution in [3.8, 4) is 0 Å². The lowest BCUT2D eigenvalue weighted by atomic mass is 10.2. The van der Waals surface area contributed by atoms with Crippen LogP contribution in [0.5, 0.6) is 0 Å². The molecule has 1 aromatic rings. The Morgan fingerprint density at radius 2 is 2.11 bits per heavy atom. The van der Waals surface area contributed by atoms with E-state index in [-0.39, 0.29) is 15.5 Å². The Labute approximate surface area is 115 Å². The molecule has 0 atom stereocenters. The Morgan fingerprint density at radius 3 is 2.61 bits per heavy atom. The van der Waals surface area contributed by atoms with Crippen LogP contribution < -0.4 is 11.2 Å². The third-order valence-electron chi connectivity index (χ3n) is 3.42. The minimum absolute atomic E-state index is 0.0775. The van der Waals surface area contributed by atoms with Crippen molar-refractivity contribution in [2.45, 2.75) is 43.9 Å². The molecule has 0 bridgehead atoms. The summed E-state index contributed by atoms with van der Waals surface area (Å²) in [6, 6.07) is 0. The number of hydrogen-bond donors (Lipinski definition) is 1. The van der Waals surface area contributed by atoms with Gasteiger partial charge in [0.1, 0.15) is 5.15 Å². The normalized spacial score (nSPS) is 16.8. The Kier molecular flexibility index (Phi) is 3.92. The van der Waals surface area contributed by atoms with Crippen LogP contribution in [0.4, 0.5) is 0 Å². The Morgan fingerprint density at radius 1 is 1.44 bits per heavy atom. The average molecular weight is 289 g/mol. The van der Waals surface area contributed by atoms with Crippen molar-refractivity contribution >= 4 is 23.4 Å². The second-order valence-electron chi connectivity index (χ2n) is 4.75. The number of rotatable bonds is 5. The van der Waals surface area contributed by atoms with E-state index in [9.17, 15) is 9.59 Å². The molecule has 1 aliphatic carbocycles. The largest absolute Gasteiger partial charge is 0.329 e. The van der Waals surface area contributed by atoms with E-state index in [4.69, 9.17) is 11.6 Å². The minimum Gasteiger partial charge on any atom is -0.297 e. The molecule has 6 heteroatoms. The fraction of sp³-hybridized carbons (Fsp3) is 0.667. The van der Waals surface area contributed by atoms with Gasteiger partial charge < -0.3 is 0 Å². The summed E-state index contributed by atoms with van der Waals surface area (Å²) < 4.78 is 1.38.